The number of hydrogen-bond acceptors (Lipinski definition) is 5. The summed E-state index contributed by atoms with van der Waals surface area (Å²) in [5.41, 5.74) is -0.0749. The van der Waals surface area contributed by atoms with Crippen LogP contribution in [0.5, 0.6) is 0 Å². The highest BCUT2D eigenvalue weighted by molar-refractivity contribution is 8.01. The lowest BCUT2D eigenvalue weighted by Gasteiger charge is -2.07. The third kappa shape index (κ3) is 2.41. The lowest BCUT2D eigenvalue weighted by atomic mass is 10.1. The van der Waals surface area contributed by atoms with Gasteiger partial charge >= 0.3 is 0 Å². The quantitative estimate of drug-likeness (QED) is 0.783. The Kier molecular flexibility index (Phi) is 3.56. The van der Waals surface area contributed by atoms with E-state index in [-0.39, 0.29) is 5.54 Å². The molecule has 88 valence electrons. The van der Waals surface area contributed by atoms with Gasteiger partial charge in [-0.3, -0.25) is 0 Å². The van der Waals surface area contributed by atoms with Crippen molar-refractivity contribution in [3.63, 3.8) is 0 Å². The van der Waals surface area contributed by atoms with Crippen LogP contribution in [0.15, 0.2) is 20.2 Å². The third-order valence-corrected chi connectivity index (χ3v) is 5.34. The monoisotopic (exact) mass is 273 g/mol. The van der Waals surface area contributed by atoms with Crippen LogP contribution >= 0.6 is 34.9 Å². The Morgan fingerprint density at radius 1 is 1.38 bits per heavy atom. The van der Waals surface area contributed by atoms with Crippen molar-refractivity contribution < 1.29 is 4.74 Å². The lowest BCUT2D eigenvalue weighted by Crippen LogP contribution is -2.17. The minimum atomic E-state index is -0.0749. The molecule has 0 atom stereocenters. The van der Waals surface area contributed by atoms with Crippen molar-refractivity contribution in [1.82, 2.24) is 0 Å². The van der Waals surface area contributed by atoms with Gasteiger partial charge in [-0.1, -0.05) is 0 Å². The Labute approximate surface area is 109 Å². The third-order valence-electron chi connectivity index (χ3n) is 2.26. The highest BCUT2D eigenvalue weighted by Gasteiger charge is 2.29. The van der Waals surface area contributed by atoms with Gasteiger partial charge in [0.1, 0.15) is 11.5 Å². The number of thiophene rings is 1. The van der Waals surface area contributed by atoms with Crippen molar-refractivity contribution in [3.8, 4) is 0 Å². The summed E-state index contributed by atoms with van der Waals surface area (Å²) in [6.07, 6.45) is 4.19. The van der Waals surface area contributed by atoms with E-state index in [0.29, 0.717) is 6.61 Å². The first-order chi connectivity index (χ1) is 7.55. The number of thioether (sulfide) groups is 2. The molecule has 1 aromatic rings. The zero-order valence-electron chi connectivity index (χ0n) is 9.86. The first kappa shape index (κ1) is 12.3. The summed E-state index contributed by atoms with van der Waals surface area (Å²) in [4.78, 5) is 7.08. The Balaban J connectivity index is 2.37. The molecule has 2 rings (SSSR count). The average molecular weight is 273 g/mol. The van der Waals surface area contributed by atoms with E-state index in [1.165, 1.54) is 14.0 Å². The van der Waals surface area contributed by atoms with Gasteiger partial charge in [-0.2, -0.15) is 0 Å². The van der Waals surface area contributed by atoms with Crippen LogP contribution in [0.3, 0.4) is 0 Å². The Bertz CT molecular complexity index is 423. The van der Waals surface area contributed by atoms with Gasteiger partial charge in [0.05, 0.1) is 9.75 Å². The van der Waals surface area contributed by atoms with Crippen molar-refractivity contribution in [2.75, 3.05) is 19.1 Å². The van der Waals surface area contributed by atoms with Gasteiger partial charge in [0.2, 0.25) is 5.90 Å². The summed E-state index contributed by atoms with van der Waals surface area (Å²) in [6.45, 7) is 4.88. The van der Waals surface area contributed by atoms with E-state index in [9.17, 15) is 0 Å². The van der Waals surface area contributed by atoms with E-state index in [1.54, 1.807) is 34.9 Å². The average Bonchev–Trinajstić information content (AvgIpc) is 2.80. The highest BCUT2D eigenvalue weighted by atomic mass is 32.2. The highest BCUT2D eigenvalue weighted by Crippen LogP contribution is 2.37. The van der Waals surface area contributed by atoms with E-state index >= 15 is 0 Å². The van der Waals surface area contributed by atoms with Gasteiger partial charge in [-0.05, 0) is 32.4 Å². The van der Waals surface area contributed by atoms with Crippen LogP contribution < -0.4 is 0 Å². The van der Waals surface area contributed by atoms with Gasteiger partial charge < -0.3 is 4.74 Å². The van der Waals surface area contributed by atoms with Crippen LogP contribution in [0.2, 0.25) is 0 Å². The largest absolute Gasteiger partial charge is 0.474 e. The van der Waals surface area contributed by atoms with Crippen molar-refractivity contribution in [2.24, 2.45) is 4.99 Å². The molecule has 0 fully saturated rings. The molecule has 1 aliphatic heterocycles. The molecule has 1 aliphatic rings. The summed E-state index contributed by atoms with van der Waals surface area (Å²) in [6, 6.07) is 2.21. The molecule has 0 spiro atoms. The molecular weight excluding hydrogens is 258 g/mol. The second-order valence-electron chi connectivity index (χ2n) is 4.19. The summed E-state index contributed by atoms with van der Waals surface area (Å²) < 4.78 is 7.01. The molecular formula is C11H15NOS3. The summed E-state index contributed by atoms with van der Waals surface area (Å²) in [5.74, 6) is 0.819. The predicted octanol–water partition coefficient (Wildman–Crippen LogP) is 3.75. The number of ether oxygens (including phenoxy) is 1. The van der Waals surface area contributed by atoms with Crippen LogP contribution in [-0.2, 0) is 4.74 Å². The minimum absolute atomic E-state index is 0.0749. The van der Waals surface area contributed by atoms with Crippen molar-refractivity contribution in [3.05, 3.63) is 10.9 Å². The smallest absolute Gasteiger partial charge is 0.228 e. The first-order valence-electron chi connectivity index (χ1n) is 5.00. The van der Waals surface area contributed by atoms with E-state index in [0.717, 1.165) is 5.90 Å². The molecule has 0 saturated carbocycles. The molecule has 0 amide bonds. The fraction of sp³-hybridized carbons (Fsp3) is 0.545. The lowest BCUT2D eigenvalue weighted by molar-refractivity contribution is 0.279. The molecule has 16 heavy (non-hydrogen) atoms. The number of aliphatic imine (C=N–C) groups is 1. The van der Waals surface area contributed by atoms with Crippen molar-refractivity contribution >= 4 is 40.8 Å². The molecule has 1 aromatic heterocycles. The Morgan fingerprint density at radius 3 is 2.62 bits per heavy atom. The maximum Gasteiger partial charge on any atom is 0.228 e. The molecule has 0 unspecified atom stereocenters. The topological polar surface area (TPSA) is 21.6 Å². The molecule has 2 heterocycles. The zero-order chi connectivity index (χ0) is 11.8. The maximum atomic E-state index is 5.69. The number of nitrogens with zero attached hydrogens (tertiary/aromatic N) is 1. The molecule has 5 heteroatoms. The van der Waals surface area contributed by atoms with Crippen molar-refractivity contribution in [1.29, 1.82) is 0 Å². The van der Waals surface area contributed by atoms with Gasteiger partial charge in [0.25, 0.3) is 0 Å². The fourth-order valence-electron chi connectivity index (χ4n) is 1.45. The van der Waals surface area contributed by atoms with Crippen LogP contribution in [-0.4, -0.2) is 30.6 Å². The molecule has 0 aliphatic carbocycles. The summed E-state index contributed by atoms with van der Waals surface area (Å²) in [5, 5.41) is 0. The summed E-state index contributed by atoms with van der Waals surface area (Å²) >= 11 is 5.30. The zero-order valence-corrected chi connectivity index (χ0v) is 12.3. The van der Waals surface area contributed by atoms with Crippen LogP contribution in [0.4, 0.5) is 0 Å². The van der Waals surface area contributed by atoms with Gasteiger partial charge in [0, 0.05) is 4.90 Å². The number of hydrogen-bond donors (Lipinski definition) is 0. The first-order valence-corrected chi connectivity index (χ1v) is 8.27. The molecule has 0 saturated heterocycles. The van der Waals surface area contributed by atoms with E-state index in [1.807, 2.05) is 0 Å². The van der Waals surface area contributed by atoms with E-state index in [4.69, 9.17) is 4.74 Å². The van der Waals surface area contributed by atoms with Gasteiger partial charge in [-0.25, -0.2) is 4.99 Å². The fourth-order valence-corrected chi connectivity index (χ4v) is 4.04. The SMILES string of the molecule is CSc1cc(SC)c(C2=NC(C)(C)CO2)s1. The second kappa shape index (κ2) is 4.63. The number of rotatable bonds is 3. The van der Waals surface area contributed by atoms with Gasteiger partial charge in [0.15, 0.2) is 0 Å². The maximum absolute atomic E-state index is 5.69. The minimum Gasteiger partial charge on any atom is -0.474 e. The van der Waals surface area contributed by atoms with Gasteiger partial charge in [-0.15, -0.1) is 34.9 Å². The predicted molar refractivity (Wildman–Crippen MR) is 74.4 cm³/mol. The Morgan fingerprint density at radius 2 is 2.12 bits per heavy atom. The van der Waals surface area contributed by atoms with Crippen molar-refractivity contribution in [2.45, 2.75) is 28.5 Å². The van der Waals surface area contributed by atoms with Crippen LogP contribution in [0.1, 0.15) is 18.7 Å². The molecule has 0 bridgehead atoms. The molecule has 0 radical (unpaired) electrons. The van der Waals surface area contributed by atoms with Crippen LogP contribution in [0, 0.1) is 0 Å². The molecule has 0 N–H and O–H groups in total. The normalized spacial score (nSPS) is 18.4. The van der Waals surface area contributed by atoms with E-state index < -0.39 is 0 Å². The standard InChI is InChI=1S/C11H15NOS3/c1-11(2)6-13-10(12-11)9-7(14-3)5-8(15-4)16-9/h5H,6H2,1-4H3. The molecule has 2 nitrogen and oxygen atoms in total. The van der Waals surface area contributed by atoms with E-state index in [2.05, 4.69) is 37.4 Å². The summed E-state index contributed by atoms with van der Waals surface area (Å²) in [7, 11) is 0. The molecule has 0 aromatic carbocycles. The Hall–Kier alpha value is -0.130. The van der Waals surface area contributed by atoms with Crippen LogP contribution in [0.25, 0.3) is 0 Å². The second-order valence-corrected chi connectivity index (χ2v) is 7.19.